The van der Waals surface area contributed by atoms with E-state index < -0.39 is 0 Å². The molecule has 0 amide bonds. The third-order valence-electron chi connectivity index (χ3n) is 3.06. The second-order valence-corrected chi connectivity index (χ2v) is 6.40. The third-order valence-corrected chi connectivity index (χ3v) is 4.83. The molecule has 0 radical (unpaired) electrons. The number of thioether (sulfide) groups is 1. The summed E-state index contributed by atoms with van der Waals surface area (Å²) in [7, 11) is 0. The van der Waals surface area contributed by atoms with E-state index in [1.807, 2.05) is 11.8 Å². The number of nitrogens with two attached hydrogens (primary N) is 1. The number of benzene rings is 1. The van der Waals surface area contributed by atoms with Crippen LogP contribution in [0.3, 0.4) is 0 Å². The van der Waals surface area contributed by atoms with E-state index in [4.69, 9.17) is 5.73 Å². The van der Waals surface area contributed by atoms with Gasteiger partial charge in [0.15, 0.2) is 0 Å². The molecule has 0 aliphatic heterocycles. The lowest BCUT2D eigenvalue weighted by Gasteiger charge is -2.20. The zero-order valence-electron chi connectivity index (χ0n) is 11.2. The molecule has 1 rings (SSSR count). The lowest BCUT2D eigenvalue weighted by molar-refractivity contribution is 0.324. The lowest BCUT2D eigenvalue weighted by Crippen LogP contribution is -2.26. The second kappa shape index (κ2) is 8.97. The first-order chi connectivity index (χ1) is 8.71. The number of halogens is 1. The molecule has 1 atom stereocenters. The fourth-order valence-electron chi connectivity index (χ4n) is 1.87. The minimum absolute atomic E-state index is 0.401. The number of hydrogen-bond donors (Lipinski definition) is 1. The summed E-state index contributed by atoms with van der Waals surface area (Å²) in [6.45, 7) is 8.51. The molecule has 0 aliphatic rings. The van der Waals surface area contributed by atoms with Crippen LogP contribution >= 0.6 is 27.7 Å². The molecule has 0 heterocycles. The molecule has 18 heavy (non-hydrogen) atoms. The van der Waals surface area contributed by atoms with Crippen molar-refractivity contribution in [3.8, 4) is 0 Å². The van der Waals surface area contributed by atoms with Crippen LogP contribution in [0.15, 0.2) is 28.7 Å². The monoisotopic (exact) mass is 330 g/mol. The average Bonchev–Trinajstić information content (AvgIpc) is 2.39. The van der Waals surface area contributed by atoms with Crippen molar-refractivity contribution in [2.75, 3.05) is 31.9 Å². The Bertz CT molecular complexity index is 342. The van der Waals surface area contributed by atoms with Crippen molar-refractivity contribution in [1.29, 1.82) is 0 Å². The Kier molecular flexibility index (Phi) is 7.98. The van der Waals surface area contributed by atoms with Gasteiger partial charge in [0, 0.05) is 28.6 Å². The number of rotatable bonds is 8. The maximum atomic E-state index is 5.89. The minimum atomic E-state index is 0.401. The molecule has 0 aliphatic carbocycles. The molecule has 1 aromatic rings. The van der Waals surface area contributed by atoms with Gasteiger partial charge in [-0.15, -0.1) is 0 Å². The first-order valence-corrected chi connectivity index (χ1v) is 8.34. The van der Waals surface area contributed by atoms with Crippen LogP contribution in [0.25, 0.3) is 0 Å². The maximum absolute atomic E-state index is 5.89. The summed E-state index contributed by atoms with van der Waals surface area (Å²) < 4.78 is 1.13. The van der Waals surface area contributed by atoms with Crippen LogP contribution in [0, 0.1) is 0 Å². The van der Waals surface area contributed by atoms with E-state index >= 15 is 0 Å². The summed E-state index contributed by atoms with van der Waals surface area (Å²) >= 11 is 5.47. The molecule has 2 nitrogen and oxygen atoms in total. The van der Waals surface area contributed by atoms with Crippen molar-refractivity contribution in [2.24, 2.45) is 5.73 Å². The van der Waals surface area contributed by atoms with Gasteiger partial charge in [-0.05, 0) is 30.8 Å². The summed E-state index contributed by atoms with van der Waals surface area (Å²) in [5.74, 6) is 1.13. The SMILES string of the molecule is CCN(CC)CCSC(CN)c1cccc(Br)c1. The standard InChI is InChI=1S/C14H23BrN2S/c1-3-17(4-2)8-9-18-14(11-16)12-6-5-7-13(15)10-12/h5-7,10,14H,3-4,8-9,11,16H2,1-2H3. The van der Waals surface area contributed by atoms with E-state index in [9.17, 15) is 0 Å². The normalized spacial score (nSPS) is 12.9. The Morgan fingerprint density at radius 1 is 1.33 bits per heavy atom. The van der Waals surface area contributed by atoms with E-state index in [-0.39, 0.29) is 0 Å². The molecule has 0 saturated carbocycles. The van der Waals surface area contributed by atoms with Crippen LogP contribution in [-0.2, 0) is 0 Å². The molecule has 4 heteroatoms. The maximum Gasteiger partial charge on any atom is 0.0420 e. The largest absolute Gasteiger partial charge is 0.329 e. The second-order valence-electron chi connectivity index (χ2n) is 4.18. The predicted molar refractivity (Wildman–Crippen MR) is 86.2 cm³/mol. The Hall–Kier alpha value is -0.0300. The summed E-state index contributed by atoms with van der Waals surface area (Å²) in [5.41, 5.74) is 7.20. The lowest BCUT2D eigenvalue weighted by atomic mass is 10.1. The van der Waals surface area contributed by atoms with Crippen LogP contribution in [0.2, 0.25) is 0 Å². The zero-order chi connectivity index (χ0) is 13.4. The van der Waals surface area contributed by atoms with Gasteiger partial charge in [0.2, 0.25) is 0 Å². The van der Waals surface area contributed by atoms with Crippen molar-refractivity contribution < 1.29 is 0 Å². The first kappa shape index (κ1) is 16.0. The molecule has 1 unspecified atom stereocenters. The minimum Gasteiger partial charge on any atom is -0.329 e. The van der Waals surface area contributed by atoms with Gasteiger partial charge in [-0.3, -0.25) is 0 Å². The average molecular weight is 331 g/mol. The van der Waals surface area contributed by atoms with Gasteiger partial charge in [0.25, 0.3) is 0 Å². The summed E-state index contributed by atoms with van der Waals surface area (Å²) in [6, 6.07) is 8.46. The van der Waals surface area contributed by atoms with E-state index in [0.717, 1.165) is 29.9 Å². The van der Waals surface area contributed by atoms with E-state index in [2.05, 4.69) is 58.9 Å². The van der Waals surface area contributed by atoms with Crippen LogP contribution in [0.1, 0.15) is 24.7 Å². The van der Waals surface area contributed by atoms with Crippen LogP contribution in [0.4, 0.5) is 0 Å². The van der Waals surface area contributed by atoms with E-state index in [1.54, 1.807) is 0 Å². The highest BCUT2D eigenvalue weighted by atomic mass is 79.9. The van der Waals surface area contributed by atoms with Gasteiger partial charge in [-0.1, -0.05) is 41.9 Å². The predicted octanol–water partition coefficient (Wildman–Crippen LogP) is 3.52. The number of nitrogens with zero attached hydrogens (tertiary/aromatic N) is 1. The third kappa shape index (κ3) is 5.31. The van der Waals surface area contributed by atoms with E-state index in [0.29, 0.717) is 11.8 Å². The van der Waals surface area contributed by atoms with Crippen molar-refractivity contribution >= 4 is 27.7 Å². The highest BCUT2D eigenvalue weighted by Gasteiger charge is 2.11. The Morgan fingerprint density at radius 2 is 2.06 bits per heavy atom. The Morgan fingerprint density at radius 3 is 2.61 bits per heavy atom. The van der Waals surface area contributed by atoms with Gasteiger partial charge in [0.1, 0.15) is 0 Å². The van der Waals surface area contributed by atoms with Crippen LogP contribution in [0.5, 0.6) is 0 Å². The summed E-state index contributed by atoms with van der Waals surface area (Å²) in [6.07, 6.45) is 0. The smallest absolute Gasteiger partial charge is 0.0420 e. The molecule has 0 saturated heterocycles. The molecule has 0 spiro atoms. The molecule has 0 fully saturated rings. The Balaban J connectivity index is 2.47. The van der Waals surface area contributed by atoms with Gasteiger partial charge >= 0.3 is 0 Å². The van der Waals surface area contributed by atoms with Crippen molar-refractivity contribution in [1.82, 2.24) is 4.90 Å². The van der Waals surface area contributed by atoms with Crippen molar-refractivity contribution in [3.63, 3.8) is 0 Å². The highest BCUT2D eigenvalue weighted by Crippen LogP contribution is 2.29. The summed E-state index contributed by atoms with van der Waals surface area (Å²) in [5, 5.41) is 0.401. The molecular weight excluding hydrogens is 308 g/mol. The number of hydrogen-bond acceptors (Lipinski definition) is 3. The fraction of sp³-hybridized carbons (Fsp3) is 0.571. The fourth-order valence-corrected chi connectivity index (χ4v) is 3.41. The zero-order valence-corrected chi connectivity index (χ0v) is 13.6. The van der Waals surface area contributed by atoms with E-state index in [1.165, 1.54) is 5.56 Å². The quantitative estimate of drug-likeness (QED) is 0.790. The molecule has 0 bridgehead atoms. The molecular formula is C14H23BrN2S. The Labute approximate surface area is 123 Å². The first-order valence-electron chi connectivity index (χ1n) is 6.50. The topological polar surface area (TPSA) is 29.3 Å². The highest BCUT2D eigenvalue weighted by molar-refractivity contribution is 9.10. The molecule has 2 N–H and O–H groups in total. The van der Waals surface area contributed by atoms with Gasteiger partial charge in [0.05, 0.1) is 0 Å². The van der Waals surface area contributed by atoms with Crippen molar-refractivity contribution in [2.45, 2.75) is 19.1 Å². The van der Waals surface area contributed by atoms with Crippen LogP contribution < -0.4 is 5.73 Å². The molecule has 102 valence electrons. The molecule has 1 aromatic carbocycles. The summed E-state index contributed by atoms with van der Waals surface area (Å²) in [4.78, 5) is 2.45. The molecule has 0 aromatic heterocycles. The van der Waals surface area contributed by atoms with Gasteiger partial charge in [-0.2, -0.15) is 11.8 Å². The van der Waals surface area contributed by atoms with Gasteiger partial charge < -0.3 is 10.6 Å². The van der Waals surface area contributed by atoms with Crippen molar-refractivity contribution in [3.05, 3.63) is 34.3 Å². The van der Waals surface area contributed by atoms with Gasteiger partial charge in [-0.25, -0.2) is 0 Å². The van der Waals surface area contributed by atoms with Crippen LogP contribution in [-0.4, -0.2) is 36.8 Å².